The van der Waals surface area contributed by atoms with Crippen LogP contribution in [0.2, 0.25) is 0 Å². The molecule has 2 atom stereocenters. The highest BCUT2D eigenvalue weighted by molar-refractivity contribution is 5.79. The maximum Gasteiger partial charge on any atom is 0.407 e. The molecule has 0 bridgehead atoms. The van der Waals surface area contributed by atoms with Crippen LogP contribution in [-0.4, -0.2) is 45.3 Å². The van der Waals surface area contributed by atoms with Gasteiger partial charge in [0.2, 0.25) is 0 Å². The normalized spacial score (nSPS) is 14.5. The monoisotopic (exact) mass is 421 g/mol. The van der Waals surface area contributed by atoms with Gasteiger partial charge in [-0.25, -0.2) is 4.79 Å². The zero-order chi connectivity index (χ0) is 21.8. The second kappa shape index (κ2) is 9.32. The molecule has 1 aliphatic rings. The zero-order valence-corrected chi connectivity index (χ0v) is 17.4. The summed E-state index contributed by atoms with van der Waals surface area (Å²) in [5.74, 6) is -0.0296. The fraction of sp³-hybridized carbons (Fsp3) is 0.333. The van der Waals surface area contributed by atoms with Gasteiger partial charge in [-0.05, 0) is 28.7 Å². The molecular formula is C24H27N3O4. The summed E-state index contributed by atoms with van der Waals surface area (Å²) >= 11 is 0. The van der Waals surface area contributed by atoms with Gasteiger partial charge < -0.3 is 20.3 Å². The van der Waals surface area contributed by atoms with E-state index in [1.807, 2.05) is 31.2 Å². The summed E-state index contributed by atoms with van der Waals surface area (Å²) in [6.07, 6.45) is 1.21. The molecule has 31 heavy (non-hydrogen) atoms. The molecule has 0 aliphatic heterocycles. The number of benzene rings is 2. The van der Waals surface area contributed by atoms with Crippen molar-refractivity contribution < 1.29 is 19.7 Å². The zero-order valence-electron chi connectivity index (χ0n) is 17.4. The molecule has 162 valence electrons. The summed E-state index contributed by atoms with van der Waals surface area (Å²) in [4.78, 5) is 12.2. The minimum atomic E-state index is -1.17. The fourth-order valence-corrected chi connectivity index (χ4v) is 4.05. The van der Waals surface area contributed by atoms with Crippen molar-refractivity contribution in [1.82, 2.24) is 15.1 Å². The predicted molar refractivity (Wildman–Crippen MR) is 117 cm³/mol. The smallest absolute Gasteiger partial charge is 0.407 e. The Kier molecular flexibility index (Phi) is 6.34. The van der Waals surface area contributed by atoms with Crippen LogP contribution in [0.5, 0.6) is 0 Å². The lowest BCUT2D eigenvalue weighted by atomic mass is 9.98. The van der Waals surface area contributed by atoms with E-state index >= 15 is 0 Å². The Labute approximate surface area is 181 Å². The van der Waals surface area contributed by atoms with Gasteiger partial charge in [0, 0.05) is 30.8 Å². The number of hydrogen-bond acceptors (Lipinski definition) is 5. The number of alkyl carbamates (subject to hydrolysis) is 1. The Hall–Kier alpha value is -3.16. The Balaban J connectivity index is 1.31. The van der Waals surface area contributed by atoms with Crippen molar-refractivity contribution in [1.29, 1.82) is 0 Å². The number of hydrogen-bond donors (Lipinski definition) is 3. The lowest BCUT2D eigenvalue weighted by Crippen LogP contribution is -2.36. The summed E-state index contributed by atoms with van der Waals surface area (Å²) < 4.78 is 7.16. The fourth-order valence-electron chi connectivity index (χ4n) is 4.05. The summed E-state index contributed by atoms with van der Waals surface area (Å²) in [6.45, 7) is 2.84. The third kappa shape index (κ3) is 4.47. The van der Waals surface area contributed by atoms with Gasteiger partial charge in [0.15, 0.2) is 0 Å². The van der Waals surface area contributed by atoms with Crippen molar-refractivity contribution in [2.24, 2.45) is 0 Å². The molecule has 1 aliphatic carbocycles. The highest BCUT2D eigenvalue weighted by Crippen LogP contribution is 2.44. The largest absolute Gasteiger partial charge is 0.449 e. The predicted octanol–water partition coefficient (Wildman–Crippen LogP) is 3.23. The van der Waals surface area contributed by atoms with Gasteiger partial charge in [-0.1, -0.05) is 55.5 Å². The van der Waals surface area contributed by atoms with Gasteiger partial charge >= 0.3 is 6.09 Å². The number of carbonyl (C=O) groups excluding carboxylic acids is 1. The first-order valence-corrected chi connectivity index (χ1v) is 10.6. The standard InChI is InChI=1S/C24H27N3O4/c1-2-11-27-14-16(12-26-27)23(29)22(28)13-25-24(30)31-15-21-19-9-5-3-7-17(19)18-8-4-6-10-20(18)21/h3-10,12,14,21-23,28-29H,2,11,13,15H2,1H3,(H,25,30). The first-order valence-electron chi connectivity index (χ1n) is 10.6. The molecule has 4 rings (SSSR count). The van der Waals surface area contributed by atoms with Crippen molar-refractivity contribution in [3.8, 4) is 11.1 Å². The van der Waals surface area contributed by atoms with Gasteiger partial charge in [-0.2, -0.15) is 5.10 Å². The second-order valence-corrected chi connectivity index (χ2v) is 7.76. The maximum absolute atomic E-state index is 12.2. The van der Waals surface area contributed by atoms with Crippen LogP contribution in [0.25, 0.3) is 11.1 Å². The van der Waals surface area contributed by atoms with Crippen LogP contribution in [0, 0.1) is 0 Å². The Bertz CT molecular complexity index is 1000. The van der Waals surface area contributed by atoms with Crippen LogP contribution in [0.15, 0.2) is 60.9 Å². The molecular weight excluding hydrogens is 394 g/mol. The molecule has 2 unspecified atom stereocenters. The summed E-state index contributed by atoms with van der Waals surface area (Å²) in [5.41, 5.74) is 5.10. The minimum absolute atomic E-state index is 0.0296. The van der Waals surface area contributed by atoms with Crippen LogP contribution in [0.1, 0.15) is 42.1 Å². The number of aliphatic hydroxyl groups is 2. The van der Waals surface area contributed by atoms with Gasteiger partial charge in [-0.3, -0.25) is 4.68 Å². The molecule has 3 N–H and O–H groups in total. The average molecular weight is 421 g/mol. The SMILES string of the molecule is CCCn1cc(C(O)C(O)CNC(=O)OCC2c3ccccc3-c3ccccc32)cn1. The topological polar surface area (TPSA) is 96.6 Å². The van der Waals surface area contributed by atoms with Crippen LogP contribution >= 0.6 is 0 Å². The van der Waals surface area contributed by atoms with E-state index in [0.29, 0.717) is 5.56 Å². The molecule has 0 fully saturated rings. The van der Waals surface area contributed by atoms with Gasteiger partial charge in [0.05, 0.1) is 6.20 Å². The van der Waals surface area contributed by atoms with Gasteiger partial charge in [-0.15, -0.1) is 0 Å². The number of aryl methyl sites for hydroxylation is 1. The van der Waals surface area contributed by atoms with Crippen molar-refractivity contribution >= 4 is 6.09 Å². The number of rotatable bonds is 8. The van der Waals surface area contributed by atoms with E-state index in [2.05, 4.69) is 34.7 Å². The van der Waals surface area contributed by atoms with Crippen molar-refractivity contribution in [3.05, 3.63) is 77.6 Å². The number of amides is 1. The number of ether oxygens (including phenoxy) is 1. The molecule has 1 amide bonds. The van der Waals surface area contributed by atoms with Crippen molar-refractivity contribution in [2.45, 2.75) is 38.0 Å². The number of fused-ring (bicyclic) bond motifs is 3. The molecule has 2 aromatic carbocycles. The number of carbonyl (C=O) groups is 1. The van der Waals surface area contributed by atoms with Gasteiger partial charge in [0.25, 0.3) is 0 Å². The minimum Gasteiger partial charge on any atom is -0.449 e. The van der Waals surface area contributed by atoms with E-state index in [-0.39, 0.29) is 19.1 Å². The van der Waals surface area contributed by atoms with Crippen molar-refractivity contribution in [2.75, 3.05) is 13.2 Å². The highest BCUT2D eigenvalue weighted by Gasteiger charge is 2.29. The van der Waals surface area contributed by atoms with Crippen LogP contribution in [-0.2, 0) is 11.3 Å². The van der Waals surface area contributed by atoms with Gasteiger partial charge in [0.1, 0.15) is 18.8 Å². The maximum atomic E-state index is 12.2. The van der Waals surface area contributed by atoms with Crippen LogP contribution in [0.4, 0.5) is 4.79 Å². The van der Waals surface area contributed by atoms with E-state index < -0.39 is 18.3 Å². The summed E-state index contributed by atoms with van der Waals surface area (Å²) in [7, 11) is 0. The quantitative estimate of drug-likeness (QED) is 0.519. The first kappa shape index (κ1) is 21.1. The molecule has 0 saturated carbocycles. The first-order chi connectivity index (χ1) is 15.1. The molecule has 0 spiro atoms. The molecule has 7 nitrogen and oxygen atoms in total. The molecule has 7 heteroatoms. The van der Waals surface area contributed by atoms with Crippen molar-refractivity contribution in [3.63, 3.8) is 0 Å². The number of nitrogens with one attached hydrogen (secondary N) is 1. The Morgan fingerprint density at radius 1 is 1.13 bits per heavy atom. The third-order valence-corrected chi connectivity index (χ3v) is 5.61. The lowest BCUT2D eigenvalue weighted by Gasteiger charge is -2.18. The third-order valence-electron chi connectivity index (χ3n) is 5.61. The Morgan fingerprint density at radius 2 is 1.77 bits per heavy atom. The number of nitrogens with zero attached hydrogens (tertiary/aromatic N) is 2. The molecule has 0 radical (unpaired) electrons. The molecule has 1 heterocycles. The summed E-state index contributed by atoms with van der Waals surface area (Å²) in [5, 5.41) is 27.2. The Morgan fingerprint density at radius 3 is 2.42 bits per heavy atom. The molecule has 0 saturated heterocycles. The number of aliphatic hydroxyl groups excluding tert-OH is 2. The van der Waals surface area contributed by atoms with E-state index in [1.165, 1.54) is 6.20 Å². The average Bonchev–Trinajstić information content (AvgIpc) is 3.38. The van der Waals surface area contributed by atoms with E-state index in [9.17, 15) is 15.0 Å². The van der Waals surface area contributed by atoms with E-state index in [1.54, 1.807) is 10.9 Å². The number of aromatic nitrogens is 2. The molecule has 1 aromatic heterocycles. The van der Waals surface area contributed by atoms with E-state index in [0.717, 1.165) is 35.2 Å². The van der Waals surface area contributed by atoms with Crippen LogP contribution < -0.4 is 5.32 Å². The summed E-state index contributed by atoms with van der Waals surface area (Å²) in [6, 6.07) is 16.2. The highest BCUT2D eigenvalue weighted by atomic mass is 16.5. The van der Waals surface area contributed by atoms with Crippen LogP contribution in [0.3, 0.4) is 0 Å². The molecule has 3 aromatic rings. The van der Waals surface area contributed by atoms with E-state index in [4.69, 9.17) is 4.74 Å². The second-order valence-electron chi connectivity index (χ2n) is 7.76. The lowest BCUT2D eigenvalue weighted by molar-refractivity contribution is 0.0185.